The highest BCUT2D eigenvalue weighted by molar-refractivity contribution is 7.15. The van der Waals surface area contributed by atoms with Crippen LogP contribution < -0.4 is 10.1 Å². The molecule has 0 fully saturated rings. The zero-order valence-corrected chi connectivity index (χ0v) is 17.8. The van der Waals surface area contributed by atoms with E-state index in [0.717, 1.165) is 25.3 Å². The number of ether oxygens (including phenoxy) is 1. The minimum absolute atomic E-state index is 0.153. The lowest BCUT2D eigenvalue weighted by Gasteiger charge is -2.10. The fourth-order valence-electron chi connectivity index (χ4n) is 3.49. The molecule has 31 heavy (non-hydrogen) atoms. The van der Waals surface area contributed by atoms with Gasteiger partial charge in [0, 0.05) is 17.5 Å². The molecule has 1 aromatic heterocycles. The molecule has 4 nitrogen and oxygen atoms in total. The van der Waals surface area contributed by atoms with E-state index in [1.807, 2.05) is 18.2 Å². The summed E-state index contributed by atoms with van der Waals surface area (Å²) in [7, 11) is 0. The van der Waals surface area contributed by atoms with Gasteiger partial charge in [-0.2, -0.15) is 13.2 Å². The van der Waals surface area contributed by atoms with Gasteiger partial charge in [0.2, 0.25) is 0 Å². The van der Waals surface area contributed by atoms with Crippen LogP contribution >= 0.6 is 22.9 Å². The lowest BCUT2D eigenvalue weighted by Crippen LogP contribution is -2.20. The van der Waals surface area contributed by atoms with Gasteiger partial charge < -0.3 is 4.74 Å². The third kappa shape index (κ3) is 5.37. The summed E-state index contributed by atoms with van der Waals surface area (Å²) in [5.41, 5.74) is 2.18. The van der Waals surface area contributed by atoms with Gasteiger partial charge in [-0.25, -0.2) is 4.98 Å². The van der Waals surface area contributed by atoms with Crippen molar-refractivity contribution in [3.05, 3.63) is 74.7 Å². The highest BCUT2D eigenvalue weighted by Gasteiger charge is 2.33. The molecule has 2 aromatic carbocycles. The van der Waals surface area contributed by atoms with Crippen LogP contribution in [0.5, 0.6) is 5.75 Å². The van der Waals surface area contributed by atoms with Gasteiger partial charge in [-0.3, -0.25) is 10.1 Å². The van der Waals surface area contributed by atoms with E-state index in [1.54, 1.807) is 6.07 Å². The standard InChI is InChI=1S/C22H18ClF3N2O2S/c23-19-7-4-13(9-18(19)22(24,25)26)8-17-11-27-21(31-17)28-20(29)12-30-16-6-5-14-2-1-3-15(14)10-16/h4-7,9-11H,1-3,8,12H2,(H,27,28,29). The number of fused-ring (bicyclic) bond motifs is 1. The van der Waals surface area contributed by atoms with E-state index in [4.69, 9.17) is 16.3 Å². The first kappa shape index (κ1) is 21.6. The van der Waals surface area contributed by atoms with Crippen LogP contribution in [0.15, 0.2) is 42.6 Å². The SMILES string of the molecule is O=C(COc1ccc2c(c1)CCC2)Nc1ncc(Cc2ccc(Cl)c(C(F)(F)F)c2)s1. The molecule has 0 bridgehead atoms. The van der Waals surface area contributed by atoms with Gasteiger partial charge in [-0.05, 0) is 60.2 Å². The number of thiazole rings is 1. The maximum absolute atomic E-state index is 13.0. The van der Waals surface area contributed by atoms with Gasteiger partial charge in [0.1, 0.15) is 5.75 Å². The van der Waals surface area contributed by atoms with E-state index in [1.165, 1.54) is 34.7 Å². The summed E-state index contributed by atoms with van der Waals surface area (Å²) < 4.78 is 44.6. The van der Waals surface area contributed by atoms with Crippen molar-refractivity contribution in [1.82, 2.24) is 4.98 Å². The molecule has 9 heteroatoms. The molecule has 1 aliphatic carbocycles. The van der Waals surface area contributed by atoms with Crippen LogP contribution in [0.1, 0.15) is 33.6 Å². The highest BCUT2D eigenvalue weighted by atomic mass is 35.5. The number of alkyl halides is 3. The molecule has 1 heterocycles. The maximum atomic E-state index is 13.0. The van der Waals surface area contributed by atoms with Gasteiger partial charge >= 0.3 is 6.18 Å². The summed E-state index contributed by atoms with van der Waals surface area (Å²) in [5.74, 6) is 0.297. The Morgan fingerprint density at radius 2 is 1.97 bits per heavy atom. The van der Waals surface area contributed by atoms with Gasteiger partial charge in [0.05, 0.1) is 10.6 Å². The second-order valence-electron chi connectivity index (χ2n) is 7.24. The molecule has 4 rings (SSSR count). The monoisotopic (exact) mass is 466 g/mol. The van der Waals surface area contributed by atoms with Crippen LogP contribution in [0.25, 0.3) is 0 Å². The van der Waals surface area contributed by atoms with E-state index in [2.05, 4.69) is 10.3 Å². The van der Waals surface area contributed by atoms with Crippen LogP contribution in [0, 0.1) is 0 Å². The number of hydrogen-bond donors (Lipinski definition) is 1. The van der Waals surface area contributed by atoms with Crippen molar-refractivity contribution in [2.24, 2.45) is 0 Å². The smallest absolute Gasteiger partial charge is 0.417 e. The number of anilines is 1. The number of carbonyl (C=O) groups is 1. The van der Waals surface area contributed by atoms with E-state index in [-0.39, 0.29) is 24.0 Å². The van der Waals surface area contributed by atoms with Crippen molar-refractivity contribution in [1.29, 1.82) is 0 Å². The predicted octanol–water partition coefficient (Wildman–Crippen LogP) is 5.91. The minimum atomic E-state index is -4.52. The summed E-state index contributed by atoms with van der Waals surface area (Å²) in [6.07, 6.45) is 0.510. The van der Waals surface area contributed by atoms with Crippen LogP contribution in [0.2, 0.25) is 5.02 Å². The predicted molar refractivity (Wildman–Crippen MR) is 114 cm³/mol. The second-order valence-corrected chi connectivity index (χ2v) is 8.76. The number of rotatable bonds is 6. The number of amides is 1. The number of nitrogens with one attached hydrogen (secondary N) is 1. The Kier molecular flexibility index (Phi) is 6.20. The molecule has 1 amide bonds. The van der Waals surface area contributed by atoms with Crippen molar-refractivity contribution in [2.75, 3.05) is 11.9 Å². The molecule has 0 atom stereocenters. The van der Waals surface area contributed by atoms with Gasteiger partial charge in [0.25, 0.3) is 5.91 Å². The van der Waals surface area contributed by atoms with E-state index < -0.39 is 11.7 Å². The molecule has 0 aliphatic heterocycles. The Labute approximate surface area is 186 Å². The van der Waals surface area contributed by atoms with Crippen molar-refractivity contribution in [3.8, 4) is 5.75 Å². The topological polar surface area (TPSA) is 51.2 Å². The number of carbonyl (C=O) groups excluding carboxylic acids is 1. The quantitative estimate of drug-likeness (QED) is 0.491. The Balaban J connectivity index is 1.33. The zero-order valence-electron chi connectivity index (χ0n) is 16.3. The first-order chi connectivity index (χ1) is 14.8. The van der Waals surface area contributed by atoms with Crippen LogP contribution in [0.4, 0.5) is 18.3 Å². The molecule has 0 saturated heterocycles. The molecular weight excluding hydrogens is 449 g/mol. The highest BCUT2D eigenvalue weighted by Crippen LogP contribution is 2.35. The lowest BCUT2D eigenvalue weighted by atomic mass is 10.1. The number of halogens is 4. The summed E-state index contributed by atoms with van der Waals surface area (Å²) >= 11 is 6.86. The van der Waals surface area contributed by atoms with E-state index >= 15 is 0 Å². The third-order valence-corrected chi connectivity index (χ3v) is 6.20. The van der Waals surface area contributed by atoms with Crippen molar-refractivity contribution < 1.29 is 22.7 Å². The average molecular weight is 467 g/mol. The minimum Gasteiger partial charge on any atom is -0.484 e. The Hall–Kier alpha value is -2.58. The average Bonchev–Trinajstić information content (AvgIpc) is 3.35. The molecule has 0 spiro atoms. The molecule has 1 N–H and O–H groups in total. The van der Waals surface area contributed by atoms with Gasteiger partial charge in [-0.1, -0.05) is 23.7 Å². The molecule has 0 radical (unpaired) electrons. The molecular formula is C22H18ClF3N2O2S. The number of hydrogen-bond acceptors (Lipinski definition) is 4. The summed E-state index contributed by atoms with van der Waals surface area (Å²) in [6, 6.07) is 9.67. The first-order valence-corrected chi connectivity index (χ1v) is 10.8. The molecule has 0 saturated carbocycles. The number of benzene rings is 2. The lowest BCUT2D eigenvalue weighted by molar-refractivity contribution is -0.137. The van der Waals surface area contributed by atoms with Crippen LogP contribution in [-0.4, -0.2) is 17.5 Å². The van der Waals surface area contributed by atoms with Crippen LogP contribution in [0.3, 0.4) is 0 Å². The molecule has 0 unspecified atom stereocenters. The number of aromatic nitrogens is 1. The van der Waals surface area contributed by atoms with E-state index in [0.29, 0.717) is 21.3 Å². The third-order valence-electron chi connectivity index (χ3n) is 4.95. The van der Waals surface area contributed by atoms with Gasteiger partial charge in [-0.15, -0.1) is 11.3 Å². The largest absolute Gasteiger partial charge is 0.484 e. The number of aryl methyl sites for hydroxylation is 2. The Morgan fingerprint density at radius 1 is 1.16 bits per heavy atom. The first-order valence-electron chi connectivity index (χ1n) is 9.63. The van der Waals surface area contributed by atoms with E-state index in [9.17, 15) is 18.0 Å². The van der Waals surface area contributed by atoms with Crippen LogP contribution in [-0.2, 0) is 30.2 Å². The fraction of sp³-hybridized carbons (Fsp3) is 0.273. The van der Waals surface area contributed by atoms with Gasteiger partial charge in [0.15, 0.2) is 11.7 Å². The second kappa shape index (κ2) is 8.88. The normalized spacial score (nSPS) is 13.2. The maximum Gasteiger partial charge on any atom is 0.417 e. The number of nitrogens with zero attached hydrogens (tertiary/aromatic N) is 1. The van der Waals surface area contributed by atoms with Crippen molar-refractivity contribution in [3.63, 3.8) is 0 Å². The van der Waals surface area contributed by atoms with Crippen molar-refractivity contribution >= 4 is 34.0 Å². The molecule has 162 valence electrons. The molecule has 3 aromatic rings. The van der Waals surface area contributed by atoms with Crippen molar-refractivity contribution in [2.45, 2.75) is 31.9 Å². The summed E-state index contributed by atoms with van der Waals surface area (Å²) in [5, 5.41) is 2.69. The summed E-state index contributed by atoms with van der Waals surface area (Å²) in [6.45, 7) is -0.153. The zero-order chi connectivity index (χ0) is 22.0. The Bertz CT molecular complexity index is 1110. The molecule has 1 aliphatic rings. The fourth-order valence-corrected chi connectivity index (χ4v) is 4.58. The Morgan fingerprint density at radius 3 is 2.77 bits per heavy atom. The summed E-state index contributed by atoms with van der Waals surface area (Å²) in [4.78, 5) is 17.0.